The third kappa shape index (κ3) is 1.84. The molecule has 0 spiro atoms. The SMILES string of the molecule is Cc1cc(-c2nc3ccc(F)cc3s2)ccc1N. The summed E-state index contributed by atoms with van der Waals surface area (Å²) in [5, 5.41) is 0.888. The number of hydrogen-bond donors (Lipinski definition) is 1. The highest BCUT2D eigenvalue weighted by molar-refractivity contribution is 7.21. The van der Waals surface area contributed by atoms with E-state index in [1.54, 1.807) is 6.07 Å². The summed E-state index contributed by atoms with van der Waals surface area (Å²) < 4.78 is 14.0. The van der Waals surface area contributed by atoms with Crippen molar-refractivity contribution in [1.82, 2.24) is 4.98 Å². The van der Waals surface area contributed by atoms with Crippen LogP contribution < -0.4 is 5.73 Å². The predicted molar refractivity (Wildman–Crippen MR) is 74.2 cm³/mol. The fourth-order valence-electron chi connectivity index (χ4n) is 1.83. The molecule has 0 unspecified atom stereocenters. The van der Waals surface area contributed by atoms with Crippen LogP contribution in [0.4, 0.5) is 10.1 Å². The fourth-order valence-corrected chi connectivity index (χ4v) is 2.82. The van der Waals surface area contributed by atoms with Crippen LogP contribution in [0.25, 0.3) is 20.8 Å². The molecule has 2 N–H and O–H groups in total. The van der Waals surface area contributed by atoms with Gasteiger partial charge >= 0.3 is 0 Å². The van der Waals surface area contributed by atoms with Gasteiger partial charge in [-0.05, 0) is 48.9 Å². The quantitative estimate of drug-likeness (QED) is 0.670. The van der Waals surface area contributed by atoms with Gasteiger partial charge in [-0.25, -0.2) is 9.37 Å². The van der Waals surface area contributed by atoms with Crippen molar-refractivity contribution in [1.29, 1.82) is 0 Å². The highest BCUT2D eigenvalue weighted by Crippen LogP contribution is 2.31. The Bertz CT molecular complexity index is 734. The first-order valence-corrected chi connectivity index (χ1v) is 6.38. The molecular weight excluding hydrogens is 247 g/mol. The van der Waals surface area contributed by atoms with Crippen molar-refractivity contribution in [2.45, 2.75) is 6.92 Å². The lowest BCUT2D eigenvalue weighted by Gasteiger charge is -2.01. The third-order valence-electron chi connectivity index (χ3n) is 2.87. The number of rotatable bonds is 1. The van der Waals surface area contributed by atoms with Gasteiger partial charge in [-0.3, -0.25) is 0 Å². The molecule has 4 heteroatoms. The lowest BCUT2D eigenvalue weighted by molar-refractivity contribution is 0.630. The smallest absolute Gasteiger partial charge is 0.124 e. The molecule has 0 amide bonds. The molecule has 2 aromatic carbocycles. The summed E-state index contributed by atoms with van der Waals surface area (Å²) in [5.74, 6) is -0.230. The summed E-state index contributed by atoms with van der Waals surface area (Å²) >= 11 is 1.49. The van der Waals surface area contributed by atoms with E-state index in [-0.39, 0.29) is 5.82 Å². The van der Waals surface area contributed by atoms with Crippen LogP contribution in [0.3, 0.4) is 0 Å². The predicted octanol–water partition coefficient (Wildman–Crippen LogP) is 3.99. The Balaban J connectivity index is 2.16. The Hall–Kier alpha value is -1.94. The van der Waals surface area contributed by atoms with E-state index < -0.39 is 0 Å². The number of aromatic nitrogens is 1. The second kappa shape index (κ2) is 4.07. The van der Waals surface area contributed by atoms with Crippen molar-refractivity contribution in [3.8, 4) is 10.6 Å². The number of halogens is 1. The van der Waals surface area contributed by atoms with Crippen LogP contribution >= 0.6 is 11.3 Å². The molecule has 0 aliphatic heterocycles. The molecule has 0 saturated carbocycles. The van der Waals surface area contributed by atoms with Gasteiger partial charge in [-0.2, -0.15) is 0 Å². The Morgan fingerprint density at radius 2 is 2.00 bits per heavy atom. The van der Waals surface area contributed by atoms with Gasteiger partial charge in [0.15, 0.2) is 0 Å². The van der Waals surface area contributed by atoms with Gasteiger partial charge in [0.1, 0.15) is 10.8 Å². The second-order valence-corrected chi connectivity index (χ2v) is 5.23. The maximum Gasteiger partial charge on any atom is 0.124 e. The minimum absolute atomic E-state index is 0.230. The number of nitrogen functional groups attached to an aromatic ring is 1. The zero-order chi connectivity index (χ0) is 12.7. The molecule has 1 aromatic heterocycles. The number of nitrogens with two attached hydrogens (primary N) is 1. The monoisotopic (exact) mass is 258 g/mol. The molecule has 0 bridgehead atoms. The van der Waals surface area contributed by atoms with E-state index in [0.717, 1.165) is 32.0 Å². The molecule has 0 aliphatic carbocycles. The van der Waals surface area contributed by atoms with Gasteiger partial charge in [0.2, 0.25) is 0 Å². The molecule has 0 fully saturated rings. The van der Waals surface area contributed by atoms with Crippen molar-refractivity contribution in [2.24, 2.45) is 0 Å². The van der Waals surface area contributed by atoms with E-state index in [1.807, 2.05) is 25.1 Å². The number of benzene rings is 2. The molecule has 0 radical (unpaired) electrons. The van der Waals surface area contributed by atoms with Crippen molar-refractivity contribution in [2.75, 3.05) is 5.73 Å². The molecule has 3 rings (SSSR count). The molecule has 1 heterocycles. The van der Waals surface area contributed by atoms with Gasteiger partial charge in [0.25, 0.3) is 0 Å². The lowest BCUT2D eigenvalue weighted by atomic mass is 10.1. The van der Waals surface area contributed by atoms with E-state index in [1.165, 1.54) is 23.5 Å². The highest BCUT2D eigenvalue weighted by atomic mass is 32.1. The molecular formula is C14H11FN2S. The van der Waals surface area contributed by atoms with E-state index >= 15 is 0 Å². The fraction of sp³-hybridized carbons (Fsp3) is 0.0714. The summed E-state index contributed by atoms with van der Waals surface area (Å²) in [5.41, 5.74) is 9.43. The van der Waals surface area contributed by atoms with Gasteiger partial charge < -0.3 is 5.73 Å². The normalized spacial score (nSPS) is 11.0. The van der Waals surface area contributed by atoms with Gasteiger partial charge in [0.05, 0.1) is 10.2 Å². The van der Waals surface area contributed by atoms with Crippen LogP contribution in [0.2, 0.25) is 0 Å². The number of anilines is 1. The van der Waals surface area contributed by atoms with Crippen molar-refractivity contribution < 1.29 is 4.39 Å². The first-order chi connectivity index (χ1) is 8.63. The second-order valence-electron chi connectivity index (χ2n) is 4.20. The first-order valence-electron chi connectivity index (χ1n) is 5.56. The van der Waals surface area contributed by atoms with Crippen LogP contribution in [-0.2, 0) is 0 Å². The van der Waals surface area contributed by atoms with E-state index in [4.69, 9.17) is 5.73 Å². The molecule has 3 aromatic rings. The van der Waals surface area contributed by atoms with E-state index in [0.29, 0.717) is 0 Å². The Morgan fingerprint density at radius 1 is 1.17 bits per heavy atom. The Kier molecular flexibility index (Phi) is 2.52. The minimum Gasteiger partial charge on any atom is -0.399 e. The summed E-state index contributed by atoms with van der Waals surface area (Å²) in [6.45, 7) is 1.96. The maximum absolute atomic E-state index is 13.1. The number of thiazole rings is 1. The maximum atomic E-state index is 13.1. The number of hydrogen-bond acceptors (Lipinski definition) is 3. The van der Waals surface area contributed by atoms with Gasteiger partial charge in [-0.15, -0.1) is 11.3 Å². The largest absolute Gasteiger partial charge is 0.399 e. The molecule has 0 aliphatic rings. The first kappa shape index (κ1) is 11.2. The average Bonchev–Trinajstić information content (AvgIpc) is 2.75. The number of fused-ring (bicyclic) bond motifs is 1. The zero-order valence-electron chi connectivity index (χ0n) is 9.77. The van der Waals surface area contributed by atoms with Gasteiger partial charge in [0, 0.05) is 11.3 Å². The topological polar surface area (TPSA) is 38.9 Å². The highest BCUT2D eigenvalue weighted by Gasteiger charge is 2.07. The van der Waals surface area contributed by atoms with E-state index in [2.05, 4.69) is 4.98 Å². The number of nitrogens with zero attached hydrogens (tertiary/aromatic N) is 1. The third-order valence-corrected chi connectivity index (χ3v) is 3.93. The van der Waals surface area contributed by atoms with Crippen LogP contribution in [-0.4, -0.2) is 4.98 Å². The summed E-state index contributed by atoms with van der Waals surface area (Å²) in [7, 11) is 0. The number of aryl methyl sites for hydroxylation is 1. The van der Waals surface area contributed by atoms with E-state index in [9.17, 15) is 4.39 Å². The Labute approximate surface area is 108 Å². The van der Waals surface area contributed by atoms with Crippen molar-refractivity contribution in [3.63, 3.8) is 0 Å². The van der Waals surface area contributed by atoms with Crippen molar-refractivity contribution >= 4 is 27.2 Å². The lowest BCUT2D eigenvalue weighted by Crippen LogP contribution is -1.89. The van der Waals surface area contributed by atoms with Crippen molar-refractivity contribution in [3.05, 3.63) is 47.8 Å². The summed E-state index contributed by atoms with van der Waals surface area (Å²) in [6, 6.07) is 10.5. The minimum atomic E-state index is -0.230. The van der Waals surface area contributed by atoms with Gasteiger partial charge in [-0.1, -0.05) is 0 Å². The molecule has 2 nitrogen and oxygen atoms in total. The van der Waals surface area contributed by atoms with Crippen LogP contribution in [0.5, 0.6) is 0 Å². The molecule has 90 valence electrons. The van der Waals surface area contributed by atoms with Crippen LogP contribution in [0, 0.1) is 12.7 Å². The summed E-state index contributed by atoms with van der Waals surface area (Å²) in [4.78, 5) is 4.51. The average molecular weight is 258 g/mol. The summed E-state index contributed by atoms with van der Waals surface area (Å²) in [6.07, 6.45) is 0. The zero-order valence-corrected chi connectivity index (χ0v) is 10.6. The molecule has 0 saturated heterocycles. The van der Waals surface area contributed by atoms with Crippen LogP contribution in [0.1, 0.15) is 5.56 Å². The molecule has 0 atom stereocenters. The van der Waals surface area contributed by atoms with Crippen LogP contribution in [0.15, 0.2) is 36.4 Å². The Morgan fingerprint density at radius 3 is 2.78 bits per heavy atom. The molecule has 18 heavy (non-hydrogen) atoms. The standard InChI is InChI=1S/C14H11FN2S/c1-8-6-9(2-4-11(8)16)14-17-12-5-3-10(15)7-13(12)18-14/h2-7H,16H2,1H3.